The molecule has 4 bridgehead atoms. The Labute approximate surface area is 285 Å². The number of hydrogen-bond acceptors (Lipinski definition) is 13. The number of aromatic nitrogens is 4. The van der Waals surface area contributed by atoms with E-state index < -0.39 is 11.6 Å². The van der Waals surface area contributed by atoms with Crippen LogP contribution in [-0.4, -0.2) is 126 Å². The number of rotatable bonds is 2. The number of aromatic carboxylic acids is 1. The minimum Gasteiger partial charge on any atom is -0.476 e. The highest BCUT2D eigenvalue weighted by Gasteiger charge is 2.46. The van der Waals surface area contributed by atoms with Gasteiger partial charge in [-0.15, -0.1) is 20.4 Å². The molecule has 2 aromatic heterocycles. The minimum atomic E-state index is -1.10. The van der Waals surface area contributed by atoms with Crippen molar-refractivity contribution < 1.29 is 33.8 Å². The maximum Gasteiger partial charge on any atom is 0.410 e. The maximum atomic E-state index is 12.6. The van der Waals surface area contributed by atoms with Gasteiger partial charge in [-0.1, -0.05) is 0 Å². The molecule has 17 nitrogen and oxygen atoms in total. The first-order chi connectivity index (χ1) is 22.9. The predicted octanol–water partition coefficient (Wildman–Crippen LogP) is 2.40. The largest absolute Gasteiger partial charge is 0.476 e. The lowest BCUT2D eigenvalue weighted by molar-refractivity contribution is -0.00350. The molecule has 0 radical (unpaired) electrons. The quantitative estimate of drug-likeness (QED) is 0.356. The van der Waals surface area contributed by atoms with E-state index in [4.69, 9.17) is 26.0 Å². The first kappa shape index (κ1) is 37.0. The zero-order chi connectivity index (χ0) is 36.1. The summed E-state index contributed by atoms with van der Waals surface area (Å²) in [6.45, 7) is 14.1. The summed E-state index contributed by atoms with van der Waals surface area (Å²) >= 11 is 0. The summed E-state index contributed by atoms with van der Waals surface area (Å²) in [5, 5.41) is 25.9. The van der Waals surface area contributed by atoms with Crippen LogP contribution in [0.2, 0.25) is 0 Å². The number of carboxylic acid groups (broad SMARTS) is 1. The van der Waals surface area contributed by atoms with Gasteiger partial charge in [-0.2, -0.15) is 0 Å². The van der Waals surface area contributed by atoms with Gasteiger partial charge < -0.3 is 36.3 Å². The number of nitrogens with two attached hydrogens (primary N) is 2. The first-order valence-electron chi connectivity index (χ1n) is 16.4. The highest BCUT2D eigenvalue weighted by molar-refractivity contribution is 5.92. The lowest BCUT2D eigenvalue weighted by Gasteiger charge is -2.41. The number of carbonyl (C=O) groups excluding carboxylic acids is 3. The van der Waals surface area contributed by atoms with Crippen molar-refractivity contribution in [2.75, 3.05) is 37.6 Å². The fourth-order valence-corrected chi connectivity index (χ4v) is 6.15. The van der Waals surface area contributed by atoms with Crippen LogP contribution in [0.4, 0.5) is 21.2 Å². The molecule has 49 heavy (non-hydrogen) atoms. The van der Waals surface area contributed by atoms with E-state index >= 15 is 0 Å². The Morgan fingerprint density at radius 2 is 1.10 bits per heavy atom. The molecule has 4 aliphatic rings. The SMILES string of the molecule is CC(C)(C)OC(=O)N1C2CCC1CN(C(=O)c1ccc(N)nn1)C2.CC(C)(C)OC(=O)N1C2CCC1CNC2.Nc1ccc(C(=O)O)nn1. The zero-order valence-corrected chi connectivity index (χ0v) is 29.0. The standard InChI is InChI=1S/C16H23N5O3.C11H20N2O2.C5H5N3O2/c1-16(2,3)24-15(23)21-10-4-5-11(21)9-20(8-10)14(22)12-6-7-13(17)19-18-12;1-11(2,3)15-10(14)13-8-4-5-9(13)7-12-6-8;6-4-2-1-3(5(9)10)7-8-4/h6-7,10-11H,4-5,8-9H2,1-3H3,(H2,17,19);8-9,12H,4-7H2,1-3H3;1-2H,(H2,6,8)(H,9,10). The molecule has 268 valence electrons. The van der Waals surface area contributed by atoms with E-state index in [1.807, 2.05) is 46.4 Å². The second kappa shape index (κ2) is 15.2. The number of carboxylic acids is 1. The Morgan fingerprint density at radius 3 is 1.49 bits per heavy atom. The average Bonchev–Trinajstić information content (AvgIpc) is 3.43. The van der Waals surface area contributed by atoms with Crippen LogP contribution in [0.15, 0.2) is 24.3 Å². The number of ether oxygens (including phenoxy) is 2. The Morgan fingerprint density at radius 1 is 0.694 bits per heavy atom. The van der Waals surface area contributed by atoms with E-state index in [-0.39, 0.29) is 58.8 Å². The normalized spacial score (nSPS) is 22.6. The predicted molar refractivity (Wildman–Crippen MR) is 178 cm³/mol. The number of amides is 3. The Kier molecular flexibility index (Phi) is 11.5. The smallest absolute Gasteiger partial charge is 0.410 e. The number of nitrogens with zero attached hydrogens (tertiary/aromatic N) is 7. The molecular formula is C32H48N10O7. The van der Waals surface area contributed by atoms with E-state index in [9.17, 15) is 19.2 Å². The Hall–Kier alpha value is -4.80. The number of nitrogens with one attached hydrogen (secondary N) is 1. The molecule has 17 heteroatoms. The molecule has 6 rings (SSSR count). The molecule has 2 aromatic rings. The molecule has 4 aliphatic heterocycles. The second-order valence-electron chi connectivity index (χ2n) is 14.4. The molecule has 6 heterocycles. The summed E-state index contributed by atoms with van der Waals surface area (Å²) in [5.74, 6) is -0.790. The lowest BCUT2D eigenvalue weighted by atomic mass is 10.1. The zero-order valence-electron chi connectivity index (χ0n) is 29.0. The van der Waals surface area contributed by atoms with Crippen LogP contribution in [0, 0.1) is 0 Å². The van der Waals surface area contributed by atoms with Gasteiger partial charge in [0.25, 0.3) is 5.91 Å². The van der Waals surface area contributed by atoms with Crippen molar-refractivity contribution in [3.8, 4) is 0 Å². The highest BCUT2D eigenvalue weighted by atomic mass is 16.6. The van der Waals surface area contributed by atoms with Gasteiger partial charge in [-0.05, 0) is 91.5 Å². The number of likely N-dealkylation sites (tertiary alicyclic amines) is 1. The van der Waals surface area contributed by atoms with E-state index in [0.29, 0.717) is 25.2 Å². The fourth-order valence-electron chi connectivity index (χ4n) is 6.15. The van der Waals surface area contributed by atoms with Gasteiger partial charge in [0, 0.05) is 38.3 Å². The molecule has 4 fully saturated rings. The van der Waals surface area contributed by atoms with E-state index in [0.717, 1.165) is 38.8 Å². The van der Waals surface area contributed by atoms with Crippen molar-refractivity contribution >= 4 is 35.7 Å². The van der Waals surface area contributed by atoms with E-state index in [2.05, 4.69) is 25.7 Å². The average molecular weight is 685 g/mol. The number of carbonyl (C=O) groups is 4. The van der Waals surface area contributed by atoms with Crippen LogP contribution in [0.25, 0.3) is 0 Å². The molecule has 6 N–H and O–H groups in total. The third-order valence-electron chi connectivity index (χ3n) is 8.17. The number of fused-ring (bicyclic) bond motifs is 4. The van der Waals surface area contributed by atoms with Gasteiger partial charge in [-0.25, -0.2) is 14.4 Å². The molecule has 4 atom stereocenters. The van der Waals surface area contributed by atoms with Crippen molar-refractivity contribution in [1.82, 2.24) is 40.4 Å². The van der Waals surface area contributed by atoms with Crippen LogP contribution in [0.3, 0.4) is 0 Å². The lowest BCUT2D eigenvalue weighted by Crippen LogP contribution is -2.58. The summed E-state index contributed by atoms with van der Waals surface area (Å²) in [4.78, 5) is 52.6. The summed E-state index contributed by atoms with van der Waals surface area (Å²) in [6.07, 6.45) is 3.53. The molecule has 4 unspecified atom stereocenters. The van der Waals surface area contributed by atoms with Crippen LogP contribution in [-0.2, 0) is 9.47 Å². The molecule has 0 aromatic carbocycles. The number of piperazine rings is 2. The summed E-state index contributed by atoms with van der Waals surface area (Å²) in [6, 6.07) is 6.49. The summed E-state index contributed by atoms with van der Waals surface area (Å²) < 4.78 is 10.9. The van der Waals surface area contributed by atoms with Crippen molar-refractivity contribution in [2.24, 2.45) is 0 Å². The van der Waals surface area contributed by atoms with Gasteiger partial charge >= 0.3 is 18.2 Å². The van der Waals surface area contributed by atoms with Crippen LogP contribution in [0.1, 0.15) is 88.2 Å². The van der Waals surface area contributed by atoms with E-state index in [1.54, 1.807) is 21.9 Å². The van der Waals surface area contributed by atoms with Crippen molar-refractivity contribution in [3.63, 3.8) is 0 Å². The van der Waals surface area contributed by atoms with Crippen LogP contribution < -0.4 is 16.8 Å². The van der Waals surface area contributed by atoms with Gasteiger partial charge in [0.05, 0.1) is 12.1 Å². The number of anilines is 2. The molecule has 0 saturated carbocycles. The molecular weight excluding hydrogens is 636 g/mol. The number of hydrogen-bond donors (Lipinski definition) is 4. The summed E-state index contributed by atoms with van der Waals surface area (Å²) in [5.41, 5.74) is 9.92. The van der Waals surface area contributed by atoms with Crippen molar-refractivity contribution in [3.05, 3.63) is 35.7 Å². The van der Waals surface area contributed by atoms with Gasteiger partial charge in [0.1, 0.15) is 22.8 Å². The number of nitrogen functional groups attached to an aromatic ring is 2. The third-order valence-corrected chi connectivity index (χ3v) is 8.17. The topological polar surface area (TPSA) is 232 Å². The van der Waals surface area contributed by atoms with Gasteiger partial charge in [0.2, 0.25) is 0 Å². The first-order valence-corrected chi connectivity index (χ1v) is 16.4. The summed E-state index contributed by atoms with van der Waals surface area (Å²) in [7, 11) is 0. The fraction of sp³-hybridized carbons (Fsp3) is 0.625. The third kappa shape index (κ3) is 10.1. The Balaban J connectivity index is 0.000000184. The molecule has 0 aliphatic carbocycles. The maximum absolute atomic E-state index is 12.6. The Bertz CT molecular complexity index is 1450. The van der Waals surface area contributed by atoms with Crippen LogP contribution >= 0.6 is 0 Å². The highest BCUT2D eigenvalue weighted by Crippen LogP contribution is 2.32. The van der Waals surface area contributed by atoms with Crippen molar-refractivity contribution in [1.29, 1.82) is 0 Å². The molecule has 0 spiro atoms. The van der Waals surface area contributed by atoms with Gasteiger partial charge in [0.15, 0.2) is 11.4 Å². The van der Waals surface area contributed by atoms with Crippen molar-refractivity contribution in [2.45, 2.75) is 103 Å². The second-order valence-corrected chi connectivity index (χ2v) is 14.4. The van der Waals surface area contributed by atoms with Crippen LogP contribution in [0.5, 0.6) is 0 Å². The minimum absolute atomic E-state index is 0.00992. The molecule has 4 saturated heterocycles. The van der Waals surface area contributed by atoms with Gasteiger partial charge in [-0.3, -0.25) is 14.6 Å². The van der Waals surface area contributed by atoms with E-state index in [1.165, 1.54) is 12.1 Å². The monoisotopic (exact) mass is 684 g/mol. The molecule has 3 amide bonds.